The SMILES string of the molecule is COc1cc([N+](=O)[O-])cc2cc(C(=O)NNC(=O)c3ccccc3Cl)c(=O)oc12. The van der Waals surface area contributed by atoms with E-state index in [4.69, 9.17) is 20.8 Å². The Kier molecular flexibility index (Phi) is 5.46. The maximum Gasteiger partial charge on any atom is 0.349 e. The van der Waals surface area contributed by atoms with Gasteiger partial charge in [-0.2, -0.15) is 0 Å². The molecule has 0 unspecified atom stereocenters. The maximum absolute atomic E-state index is 12.3. The van der Waals surface area contributed by atoms with Crippen LogP contribution in [0.25, 0.3) is 11.0 Å². The number of methoxy groups -OCH3 is 1. The monoisotopic (exact) mass is 417 g/mol. The van der Waals surface area contributed by atoms with Gasteiger partial charge in [0.2, 0.25) is 0 Å². The number of halogens is 1. The Labute approximate surface area is 167 Å². The summed E-state index contributed by atoms with van der Waals surface area (Å²) in [6.45, 7) is 0. The molecule has 10 nitrogen and oxygen atoms in total. The van der Waals surface area contributed by atoms with Gasteiger partial charge in [0.15, 0.2) is 11.3 Å². The number of nitrogens with one attached hydrogen (secondary N) is 2. The van der Waals surface area contributed by atoms with Crippen molar-refractivity contribution < 1.29 is 23.7 Å². The van der Waals surface area contributed by atoms with E-state index >= 15 is 0 Å². The Bertz CT molecular complexity index is 1210. The fraction of sp³-hybridized carbons (Fsp3) is 0.0556. The lowest BCUT2D eigenvalue weighted by Gasteiger charge is -2.09. The van der Waals surface area contributed by atoms with E-state index in [1.807, 2.05) is 0 Å². The normalized spacial score (nSPS) is 10.4. The molecule has 3 rings (SSSR count). The smallest absolute Gasteiger partial charge is 0.349 e. The molecule has 0 saturated heterocycles. The number of nitro benzene ring substituents is 1. The van der Waals surface area contributed by atoms with E-state index in [1.54, 1.807) is 12.1 Å². The van der Waals surface area contributed by atoms with Crippen LogP contribution in [0.5, 0.6) is 5.75 Å². The van der Waals surface area contributed by atoms with Gasteiger partial charge in [-0.3, -0.25) is 30.6 Å². The van der Waals surface area contributed by atoms with Crippen LogP contribution in [0, 0.1) is 10.1 Å². The van der Waals surface area contributed by atoms with Crippen LogP contribution in [0.2, 0.25) is 5.02 Å². The molecule has 0 spiro atoms. The van der Waals surface area contributed by atoms with Gasteiger partial charge < -0.3 is 9.15 Å². The van der Waals surface area contributed by atoms with Gasteiger partial charge in [-0.15, -0.1) is 0 Å². The molecule has 0 atom stereocenters. The van der Waals surface area contributed by atoms with Crippen LogP contribution < -0.4 is 21.2 Å². The third kappa shape index (κ3) is 4.01. The first-order valence-corrected chi connectivity index (χ1v) is 8.35. The Morgan fingerprint density at radius 2 is 1.76 bits per heavy atom. The van der Waals surface area contributed by atoms with Crippen molar-refractivity contribution in [3.8, 4) is 5.75 Å². The first kappa shape index (κ1) is 19.8. The zero-order chi connectivity index (χ0) is 21.1. The highest BCUT2D eigenvalue weighted by molar-refractivity contribution is 6.33. The largest absolute Gasteiger partial charge is 0.493 e. The van der Waals surface area contributed by atoms with Crippen molar-refractivity contribution >= 4 is 40.1 Å². The van der Waals surface area contributed by atoms with Crippen molar-refractivity contribution in [3.63, 3.8) is 0 Å². The lowest BCUT2D eigenvalue weighted by molar-refractivity contribution is -0.384. The second kappa shape index (κ2) is 7.98. The number of hydrogen-bond donors (Lipinski definition) is 2. The number of benzene rings is 2. The molecule has 1 heterocycles. The van der Waals surface area contributed by atoms with Gasteiger partial charge in [-0.25, -0.2) is 4.79 Å². The third-order valence-corrected chi connectivity index (χ3v) is 4.20. The molecule has 0 aliphatic rings. The van der Waals surface area contributed by atoms with Crippen molar-refractivity contribution in [1.82, 2.24) is 10.9 Å². The average Bonchev–Trinajstić information content (AvgIpc) is 2.70. The van der Waals surface area contributed by atoms with E-state index in [0.717, 1.165) is 18.2 Å². The molecule has 0 radical (unpaired) electrons. The second-order valence-corrected chi connectivity index (χ2v) is 6.07. The fourth-order valence-corrected chi connectivity index (χ4v) is 2.72. The molecular formula is C18H12ClN3O7. The fourth-order valence-electron chi connectivity index (χ4n) is 2.50. The molecule has 1 aromatic heterocycles. The highest BCUT2D eigenvalue weighted by Crippen LogP contribution is 2.30. The van der Waals surface area contributed by atoms with Gasteiger partial charge in [0.25, 0.3) is 17.5 Å². The van der Waals surface area contributed by atoms with E-state index in [2.05, 4.69) is 10.9 Å². The Morgan fingerprint density at radius 1 is 1.10 bits per heavy atom. The maximum atomic E-state index is 12.3. The minimum atomic E-state index is -1.02. The number of ether oxygens (including phenoxy) is 1. The van der Waals surface area contributed by atoms with Crippen molar-refractivity contribution in [2.75, 3.05) is 7.11 Å². The van der Waals surface area contributed by atoms with Gasteiger partial charge in [0, 0.05) is 11.5 Å². The minimum Gasteiger partial charge on any atom is -0.493 e. The highest BCUT2D eigenvalue weighted by Gasteiger charge is 2.20. The van der Waals surface area contributed by atoms with E-state index in [9.17, 15) is 24.5 Å². The van der Waals surface area contributed by atoms with Crippen molar-refractivity contribution in [2.24, 2.45) is 0 Å². The van der Waals surface area contributed by atoms with Gasteiger partial charge in [0.05, 0.1) is 28.7 Å². The van der Waals surface area contributed by atoms with Gasteiger partial charge in [-0.1, -0.05) is 23.7 Å². The molecule has 2 aromatic carbocycles. The Balaban J connectivity index is 1.90. The number of amides is 2. The zero-order valence-corrected chi connectivity index (χ0v) is 15.5. The molecule has 0 bridgehead atoms. The van der Waals surface area contributed by atoms with Crippen LogP contribution in [0.1, 0.15) is 20.7 Å². The van der Waals surface area contributed by atoms with Crippen molar-refractivity contribution in [1.29, 1.82) is 0 Å². The molecule has 0 aliphatic heterocycles. The topological polar surface area (TPSA) is 141 Å². The molecule has 148 valence electrons. The van der Waals surface area contributed by atoms with Crippen LogP contribution in [0.3, 0.4) is 0 Å². The quantitative estimate of drug-likeness (QED) is 0.377. The number of nitrogens with zero attached hydrogens (tertiary/aromatic N) is 1. The van der Waals surface area contributed by atoms with Crippen LogP contribution in [-0.4, -0.2) is 23.8 Å². The molecule has 0 saturated carbocycles. The summed E-state index contributed by atoms with van der Waals surface area (Å²) in [7, 11) is 1.25. The lowest BCUT2D eigenvalue weighted by atomic mass is 10.1. The lowest BCUT2D eigenvalue weighted by Crippen LogP contribution is -2.43. The van der Waals surface area contributed by atoms with E-state index < -0.39 is 27.9 Å². The number of rotatable bonds is 4. The number of hydrogen-bond acceptors (Lipinski definition) is 7. The summed E-state index contributed by atoms with van der Waals surface area (Å²) >= 11 is 5.91. The summed E-state index contributed by atoms with van der Waals surface area (Å²) < 4.78 is 10.1. The van der Waals surface area contributed by atoms with Crippen LogP contribution >= 0.6 is 11.6 Å². The predicted octanol–water partition coefficient (Wildman–Crippen LogP) is 2.44. The summed E-state index contributed by atoms with van der Waals surface area (Å²) in [6, 6.07) is 9.48. The number of carbonyl (C=O) groups is 2. The Hall–Kier alpha value is -3.92. The molecule has 29 heavy (non-hydrogen) atoms. The number of non-ortho nitro benzene ring substituents is 1. The second-order valence-electron chi connectivity index (χ2n) is 5.66. The molecule has 2 N–H and O–H groups in total. The first-order chi connectivity index (χ1) is 13.8. The van der Waals surface area contributed by atoms with Gasteiger partial charge in [0.1, 0.15) is 5.56 Å². The molecule has 0 fully saturated rings. The van der Waals surface area contributed by atoms with Crippen LogP contribution in [-0.2, 0) is 0 Å². The molecular weight excluding hydrogens is 406 g/mol. The van der Waals surface area contributed by atoms with Crippen molar-refractivity contribution in [2.45, 2.75) is 0 Å². The van der Waals surface area contributed by atoms with Gasteiger partial charge in [-0.05, 0) is 18.2 Å². The van der Waals surface area contributed by atoms with E-state index in [-0.39, 0.29) is 33.0 Å². The average molecular weight is 418 g/mol. The Morgan fingerprint density at radius 3 is 2.38 bits per heavy atom. The first-order valence-electron chi connectivity index (χ1n) is 7.97. The number of nitro groups is 1. The van der Waals surface area contributed by atoms with E-state index in [0.29, 0.717) is 0 Å². The molecule has 3 aromatic rings. The zero-order valence-electron chi connectivity index (χ0n) is 14.7. The summed E-state index contributed by atoms with van der Waals surface area (Å²) in [5, 5.41) is 11.3. The number of carbonyl (C=O) groups excluding carboxylic acids is 2. The molecule has 11 heteroatoms. The summed E-state index contributed by atoms with van der Waals surface area (Å²) in [5.41, 5.74) is 2.45. The van der Waals surface area contributed by atoms with E-state index in [1.165, 1.54) is 19.2 Å². The third-order valence-electron chi connectivity index (χ3n) is 3.87. The highest BCUT2D eigenvalue weighted by atomic mass is 35.5. The molecule has 0 aliphatic carbocycles. The standard InChI is InChI=1S/C18H12ClN3O7/c1-28-14-8-10(22(26)27)6-9-7-12(18(25)29-15(9)14)17(24)21-20-16(23)11-4-2-3-5-13(11)19/h2-8H,1H3,(H,20,23)(H,21,24). The van der Waals surface area contributed by atoms with Crippen molar-refractivity contribution in [3.05, 3.63) is 79.1 Å². The minimum absolute atomic E-state index is 0.0368. The summed E-state index contributed by atoms with van der Waals surface area (Å²) in [6.07, 6.45) is 0. The van der Waals surface area contributed by atoms with Crippen LogP contribution in [0.15, 0.2) is 51.7 Å². The molecule has 2 amide bonds. The van der Waals surface area contributed by atoms with Gasteiger partial charge >= 0.3 is 5.63 Å². The summed E-state index contributed by atoms with van der Waals surface area (Å²) in [4.78, 5) is 47.0. The number of fused-ring (bicyclic) bond motifs is 1. The predicted molar refractivity (Wildman–Crippen MR) is 102 cm³/mol. The summed E-state index contributed by atoms with van der Waals surface area (Å²) in [5.74, 6) is -1.72. The number of hydrazine groups is 1. The van der Waals surface area contributed by atoms with Crippen LogP contribution in [0.4, 0.5) is 5.69 Å².